The summed E-state index contributed by atoms with van der Waals surface area (Å²) in [5, 5.41) is 14.6. The summed E-state index contributed by atoms with van der Waals surface area (Å²) < 4.78 is 19.5. The third-order valence-corrected chi connectivity index (χ3v) is 17.9. The number of aliphatic hydroxyl groups is 1. The molecule has 0 amide bonds. The topological polar surface area (TPSA) is 94.3 Å². The Hall–Kier alpha value is -3.92. The molecule has 4 aromatic rings. The van der Waals surface area contributed by atoms with E-state index in [1.54, 1.807) is 6.07 Å². The molecule has 2 unspecified atom stereocenters. The minimum atomic E-state index is -2.85. The van der Waals surface area contributed by atoms with Crippen molar-refractivity contribution >= 4 is 41.9 Å². The number of benzene rings is 4. The number of carbonyl (C=O) groups excluding carboxylic acids is 1. The van der Waals surface area contributed by atoms with Gasteiger partial charge in [0.15, 0.2) is 5.60 Å². The second kappa shape index (κ2) is 15.5. The minimum absolute atomic E-state index is 0.170. The van der Waals surface area contributed by atoms with E-state index in [4.69, 9.17) is 31.2 Å². The summed E-state index contributed by atoms with van der Waals surface area (Å²) in [6, 6.07) is 33.3. The molecule has 1 spiro atoms. The number of nitrogens with two attached hydrogens (primary N) is 1. The number of fused-ring (bicyclic) bond motifs is 3. The monoisotopic (exact) mass is 778 g/mol. The van der Waals surface area contributed by atoms with Crippen molar-refractivity contribution in [1.29, 1.82) is 0 Å². The van der Waals surface area contributed by atoms with E-state index >= 15 is 0 Å². The van der Waals surface area contributed by atoms with Crippen molar-refractivity contribution in [3.8, 4) is 5.75 Å². The first kappa shape index (κ1) is 39.3. The van der Waals surface area contributed by atoms with Gasteiger partial charge in [0.2, 0.25) is 0 Å². The predicted octanol–water partition coefficient (Wildman–Crippen LogP) is 7.29. The van der Waals surface area contributed by atoms with Crippen LogP contribution in [0, 0.1) is 11.8 Å². The van der Waals surface area contributed by atoms with E-state index < -0.39 is 19.9 Å². The first-order valence-electron chi connectivity index (χ1n) is 19.6. The van der Waals surface area contributed by atoms with Crippen LogP contribution >= 0.6 is 11.6 Å². The van der Waals surface area contributed by atoms with Gasteiger partial charge in [-0.2, -0.15) is 0 Å². The number of hydrogen-bond acceptors (Lipinski definition) is 7. The molecule has 2 aliphatic carbocycles. The average molecular weight is 779 g/mol. The van der Waals surface area contributed by atoms with Crippen LogP contribution in [0.5, 0.6) is 5.75 Å². The number of anilines is 1. The van der Waals surface area contributed by atoms with Crippen LogP contribution in [0.4, 0.5) is 5.69 Å². The van der Waals surface area contributed by atoms with Crippen molar-refractivity contribution < 1.29 is 23.8 Å². The smallest absolute Gasteiger partial charge is 0.343 e. The number of methoxy groups -OCH3 is 1. The molecule has 1 aliphatic heterocycles. The highest BCUT2D eigenvalue weighted by atomic mass is 35.5. The summed E-state index contributed by atoms with van der Waals surface area (Å²) >= 11 is 6.53. The molecular formula is C46H55ClN2O5Si. The molecule has 7 rings (SSSR count). The number of carbonyl (C=O) groups is 1. The largest absolute Gasteiger partial charge is 0.490 e. The van der Waals surface area contributed by atoms with Crippen LogP contribution in [0.1, 0.15) is 63.1 Å². The lowest BCUT2D eigenvalue weighted by Crippen LogP contribution is -2.68. The predicted molar refractivity (Wildman–Crippen MR) is 224 cm³/mol. The summed E-state index contributed by atoms with van der Waals surface area (Å²) in [6.07, 6.45) is 6.90. The minimum Gasteiger partial charge on any atom is -0.490 e. The highest BCUT2D eigenvalue weighted by Gasteiger charge is 2.53. The van der Waals surface area contributed by atoms with Gasteiger partial charge in [0.1, 0.15) is 5.75 Å². The number of aryl methyl sites for hydroxylation is 1. The highest BCUT2D eigenvalue weighted by Crippen LogP contribution is 2.48. The fourth-order valence-corrected chi connectivity index (χ4v) is 14.5. The SMILES string of the molecule is C=CC(O[Si](c1ccccc1)(c1ccccc1)C(C)(C)C)[C@@H]1CC[C@H]1CN1C[C@@]2(CCCc3cc(Cl)ccc32)COc2ccc(C(O)(CN)C(=O)OC)cc21. The van der Waals surface area contributed by atoms with Gasteiger partial charge in [-0.25, -0.2) is 4.79 Å². The van der Waals surface area contributed by atoms with E-state index in [1.807, 2.05) is 24.3 Å². The third kappa shape index (κ3) is 7.06. The van der Waals surface area contributed by atoms with Crippen molar-refractivity contribution in [3.05, 3.63) is 131 Å². The Labute approximate surface area is 332 Å². The number of nitrogens with zero attached hydrogens (tertiary/aromatic N) is 1. The number of hydrogen-bond donors (Lipinski definition) is 2. The number of ether oxygens (including phenoxy) is 2. The normalized spacial score (nSPS) is 22.6. The van der Waals surface area contributed by atoms with Crippen molar-refractivity contribution in [1.82, 2.24) is 0 Å². The molecule has 7 nitrogen and oxygen atoms in total. The van der Waals surface area contributed by atoms with Crippen molar-refractivity contribution in [3.63, 3.8) is 0 Å². The third-order valence-electron chi connectivity index (χ3n) is 12.6. The lowest BCUT2D eigenvalue weighted by Gasteiger charge is -2.50. The van der Waals surface area contributed by atoms with Gasteiger partial charge in [0, 0.05) is 30.1 Å². The second-order valence-electron chi connectivity index (χ2n) is 16.8. The summed E-state index contributed by atoms with van der Waals surface area (Å²) in [5.74, 6) is 0.444. The van der Waals surface area contributed by atoms with Gasteiger partial charge >= 0.3 is 5.97 Å². The molecule has 0 aromatic heterocycles. The molecule has 0 radical (unpaired) electrons. The Bertz CT molecular complexity index is 1970. The zero-order chi connectivity index (χ0) is 39.0. The first-order chi connectivity index (χ1) is 26.4. The molecule has 4 aromatic carbocycles. The maximum atomic E-state index is 12.9. The quantitative estimate of drug-likeness (QED) is 0.0939. The van der Waals surface area contributed by atoms with E-state index in [0.29, 0.717) is 24.5 Å². The van der Waals surface area contributed by atoms with E-state index in [2.05, 4.69) is 105 Å². The first-order valence-corrected chi connectivity index (χ1v) is 21.9. The Kier molecular flexibility index (Phi) is 11.1. The van der Waals surface area contributed by atoms with E-state index in [1.165, 1.54) is 28.6 Å². The summed E-state index contributed by atoms with van der Waals surface area (Å²) in [5.41, 5.74) is 7.53. The summed E-state index contributed by atoms with van der Waals surface area (Å²) in [6.45, 7) is 13.0. The van der Waals surface area contributed by atoms with Crippen LogP contribution < -0.4 is 25.7 Å². The molecule has 1 heterocycles. The molecule has 290 valence electrons. The zero-order valence-electron chi connectivity index (χ0n) is 32.6. The average Bonchev–Trinajstić information content (AvgIpc) is 3.34. The molecule has 3 N–H and O–H groups in total. The molecule has 0 saturated heterocycles. The van der Waals surface area contributed by atoms with Gasteiger partial charge in [-0.3, -0.25) is 0 Å². The van der Waals surface area contributed by atoms with E-state index in [9.17, 15) is 9.90 Å². The molecule has 1 fully saturated rings. The fourth-order valence-electron chi connectivity index (χ4n) is 9.60. The maximum Gasteiger partial charge on any atom is 0.343 e. The fraction of sp³-hybridized carbons (Fsp3) is 0.413. The number of rotatable bonds is 11. The maximum absolute atomic E-state index is 12.9. The number of esters is 1. The Morgan fingerprint density at radius 3 is 2.33 bits per heavy atom. The second-order valence-corrected chi connectivity index (χ2v) is 21.5. The van der Waals surface area contributed by atoms with Gasteiger partial charge < -0.3 is 29.6 Å². The summed E-state index contributed by atoms with van der Waals surface area (Å²) in [4.78, 5) is 15.4. The molecule has 0 bridgehead atoms. The Morgan fingerprint density at radius 2 is 1.75 bits per heavy atom. The van der Waals surface area contributed by atoms with Crippen molar-refractivity contribution in [2.45, 2.75) is 75.0 Å². The van der Waals surface area contributed by atoms with E-state index in [-0.39, 0.29) is 34.9 Å². The van der Waals surface area contributed by atoms with Crippen molar-refractivity contribution in [2.24, 2.45) is 17.6 Å². The van der Waals surface area contributed by atoms with Crippen molar-refractivity contribution in [2.75, 3.05) is 38.3 Å². The van der Waals surface area contributed by atoms with Crippen LogP contribution in [0.2, 0.25) is 10.1 Å². The van der Waals surface area contributed by atoms with Gasteiger partial charge in [0.05, 0.1) is 25.5 Å². The Morgan fingerprint density at radius 1 is 1.05 bits per heavy atom. The van der Waals surface area contributed by atoms with Gasteiger partial charge in [-0.1, -0.05) is 111 Å². The lowest BCUT2D eigenvalue weighted by atomic mass is 9.68. The number of halogens is 1. The van der Waals surface area contributed by atoms with Gasteiger partial charge in [-0.15, -0.1) is 6.58 Å². The van der Waals surface area contributed by atoms with Crippen LogP contribution in [-0.4, -0.2) is 58.8 Å². The van der Waals surface area contributed by atoms with Crippen LogP contribution in [-0.2, 0) is 31.4 Å². The zero-order valence-corrected chi connectivity index (χ0v) is 34.4. The molecule has 9 heteroatoms. The molecule has 5 atom stereocenters. The van der Waals surface area contributed by atoms with E-state index in [0.717, 1.165) is 49.4 Å². The standard InChI is InChI=1S/C46H55ClN2O5Si/c1-6-41(54-55(44(2,3)4,36-15-9-7-10-16-36)37-17-11-8-12-18-37)38-22-19-33(38)28-49-30-45(25-13-14-32-26-35(47)21-23-39(32)45)31-53-42-24-20-34(27-40(42)49)46(51,29-48)43(50)52-5/h6-12,15-18,20-21,23-24,26-27,33,38,41,51H,1,13-14,19,22,25,28-31,48H2,2-5H3/t33-,38+,41?,45-,46?/m0/s1. The molecule has 1 saturated carbocycles. The van der Waals surface area contributed by atoms with Crippen LogP contribution in [0.3, 0.4) is 0 Å². The van der Waals surface area contributed by atoms with Crippen LogP contribution in [0.25, 0.3) is 0 Å². The highest BCUT2D eigenvalue weighted by molar-refractivity contribution is 6.99. The Balaban J connectivity index is 1.28. The lowest BCUT2D eigenvalue weighted by molar-refractivity contribution is -0.162. The summed E-state index contributed by atoms with van der Waals surface area (Å²) in [7, 11) is -1.58. The molecule has 55 heavy (non-hydrogen) atoms. The van der Waals surface area contributed by atoms with Gasteiger partial charge in [-0.05, 0) is 100 Å². The van der Waals surface area contributed by atoms with Crippen LogP contribution in [0.15, 0.2) is 110 Å². The van der Waals surface area contributed by atoms with Gasteiger partial charge in [0.25, 0.3) is 8.32 Å². The molecular weight excluding hydrogens is 724 g/mol. The molecule has 3 aliphatic rings.